The first-order valence-corrected chi connectivity index (χ1v) is 9.92. The molecule has 0 spiro atoms. The summed E-state index contributed by atoms with van der Waals surface area (Å²) in [6.07, 6.45) is 0.229. The maximum atomic E-state index is 12.2. The van der Waals surface area contributed by atoms with Crippen LogP contribution in [0.4, 0.5) is 5.69 Å². The molecule has 0 aliphatic heterocycles. The van der Waals surface area contributed by atoms with Crippen molar-refractivity contribution in [1.29, 1.82) is 0 Å². The minimum Gasteiger partial charge on any atom is -0.486 e. The molecule has 3 aromatic rings. The van der Waals surface area contributed by atoms with Gasteiger partial charge in [0.1, 0.15) is 17.4 Å². The highest BCUT2D eigenvalue weighted by molar-refractivity contribution is 9.10. The molecule has 0 aliphatic carbocycles. The van der Waals surface area contributed by atoms with Crippen molar-refractivity contribution in [2.24, 2.45) is 0 Å². The molecule has 0 atom stereocenters. The third-order valence-corrected chi connectivity index (χ3v) is 5.20. The third kappa shape index (κ3) is 5.30. The Bertz CT molecular complexity index is 912. The van der Waals surface area contributed by atoms with Crippen molar-refractivity contribution < 1.29 is 9.53 Å². The van der Waals surface area contributed by atoms with Crippen molar-refractivity contribution in [3.05, 3.63) is 73.6 Å². The number of rotatable bonds is 6. The van der Waals surface area contributed by atoms with E-state index in [-0.39, 0.29) is 12.3 Å². The number of amides is 1. The molecule has 1 amide bonds. The van der Waals surface area contributed by atoms with Gasteiger partial charge in [-0.25, -0.2) is 4.98 Å². The monoisotopic (exact) mass is 450 g/mol. The molecular formula is C19H16BrClN2O2S. The zero-order chi connectivity index (χ0) is 18.5. The van der Waals surface area contributed by atoms with Crippen LogP contribution in [-0.2, 0) is 17.8 Å². The molecule has 2 aromatic carbocycles. The number of carbonyl (C=O) groups excluding carboxylic acids is 1. The summed E-state index contributed by atoms with van der Waals surface area (Å²) in [7, 11) is 0. The highest BCUT2D eigenvalue weighted by atomic mass is 79.9. The molecule has 0 saturated heterocycles. The van der Waals surface area contributed by atoms with Gasteiger partial charge in [-0.2, -0.15) is 0 Å². The standard InChI is InChI=1S/C19H16BrClN2O2S/c1-12-8-13(20)2-7-17(12)23-18(24)9-15-11-26-19(22-15)10-25-16-5-3-14(21)4-6-16/h2-8,11H,9-10H2,1H3,(H,23,24). The van der Waals surface area contributed by atoms with Gasteiger partial charge >= 0.3 is 0 Å². The van der Waals surface area contributed by atoms with Gasteiger partial charge in [-0.15, -0.1) is 11.3 Å². The number of nitrogens with one attached hydrogen (secondary N) is 1. The van der Waals surface area contributed by atoms with Gasteiger partial charge < -0.3 is 10.1 Å². The topological polar surface area (TPSA) is 51.2 Å². The second-order valence-corrected chi connectivity index (χ2v) is 7.95. The van der Waals surface area contributed by atoms with Crippen molar-refractivity contribution in [2.75, 3.05) is 5.32 Å². The van der Waals surface area contributed by atoms with Gasteiger partial charge in [0.15, 0.2) is 0 Å². The quantitative estimate of drug-likeness (QED) is 0.528. The Hall–Kier alpha value is -1.89. The van der Waals surface area contributed by atoms with E-state index in [0.29, 0.717) is 11.6 Å². The Balaban J connectivity index is 1.54. The van der Waals surface area contributed by atoms with Crippen molar-refractivity contribution in [2.45, 2.75) is 20.0 Å². The molecule has 0 saturated carbocycles. The number of thiazole rings is 1. The van der Waals surface area contributed by atoms with Crippen molar-refractivity contribution in [3.63, 3.8) is 0 Å². The molecule has 1 heterocycles. The fourth-order valence-corrected chi connectivity index (χ4v) is 3.61. The smallest absolute Gasteiger partial charge is 0.230 e. The van der Waals surface area contributed by atoms with Crippen LogP contribution in [0, 0.1) is 6.92 Å². The number of aryl methyl sites for hydroxylation is 1. The van der Waals surface area contributed by atoms with E-state index in [1.807, 2.05) is 42.6 Å². The number of aromatic nitrogens is 1. The van der Waals surface area contributed by atoms with E-state index < -0.39 is 0 Å². The summed E-state index contributed by atoms with van der Waals surface area (Å²) in [5.74, 6) is 0.639. The summed E-state index contributed by atoms with van der Waals surface area (Å²) in [4.78, 5) is 16.7. The van der Waals surface area contributed by atoms with Crippen LogP contribution in [-0.4, -0.2) is 10.9 Å². The first-order chi connectivity index (χ1) is 12.5. The van der Waals surface area contributed by atoms with Crippen LogP contribution < -0.4 is 10.1 Å². The molecular weight excluding hydrogens is 436 g/mol. The number of hydrogen-bond donors (Lipinski definition) is 1. The van der Waals surface area contributed by atoms with E-state index in [1.165, 1.54) is 11.3 Å². The van der Waals surface area contributed by atoms with E-state index in [2.05, 4.69) is 26.2 Å². The number of hydrogen-bond acceptors (Lipinski definition) is 4. The number of anilines is 1. The minimum absolute atomic E-state index is 0.0918. The molecule has 1 aromatic heterocycles. The number of halogens is 2. The van der Waals surface area contributed by atoms with Crippen molar-refractivity contribution in [1.82, 2.24) is 4.98 Å². The Kier molecular flexibility index (Phi) is 6.29. The van der Waals surface area contributed by atoms with Crippen LogP contribution in [0.15, 0.2) is 52.3 Å². The fourth-order valence-electron chi connectivity index (χ4n) is 2.30. The number of benzene rings is 2. The second-order valence-electron chi connectivity index (χ2n) is 5.66. The van der Waals surface area contributed by atoms with Crippen molar-refractivity contribution in [3.8, 4) is 5.75 Å². The summed E-state index contributed by atoms with van der Waals surface area (Å²) in [6.45, 7) is 2.31. The summed E-state index contributed by atoms with van der Waals surface area (Å²) >= 11 is 10.7. The summed E-state index contributed by atoms with van der Waals surface area (Å²) in [5.41, 5.74) is 2.54. The lowest BCUT2D eigenvalue weighted by atomic mass is 10.2. The van der Waals surface area contributed by atoms with Gasteiger partial charge in [-0.05, 0) is 55.0 Å². The first kappa shape index (κ1) is 18.9. The maximum absolute atomic E-state index is 12.2. The Morgan fingerprint density at radius 1 is 1.27 bits per heavy atom. The molecule has 0 aliphatic rings. The average molecular weight is 452 g/mol. The van der Waals surface area contributed by atoms with Gasteiger partial charge in [0.25, 0.3) is 0 Å². The Morgan fingerprint density at radius 2 is 2.04 bits per heavy atom. The zero-order valence-corrected chi connectivity index (χ0v) is 17.1. The van der Waals surface area contributed by atoms with Crippen LogP contribution in [0.3, 0.4) is 0 Å². The van der Waals surface area contributed by atoms with E-state index in [4.69, 9.17) is 16.3 Å². The first-order valence-electron chi connectivity index (χ1n) is 7.87. The molecule has 134 valence electrons. The fraction of sp³-hybridized carbons (Fsp3) is 0.158. The lowest BCUT2D eigenvalue weighted by Crippen LogP contribution is -2.15. The van der Waals surface area contributed by atoms with Crippen LogP contribution in [0.25, 0.3) is 0 Å². The maximum Gasteiger partial charge on any atom is 0.230 e. The summed E-state index contributed by atoms with van der Waals surface area (Å²) in [5, 5.41) is 6.29. The van der Waals surface area contributed by atoms with Crippen LogP contribution in [0.5, 0.6) is 5.75 Å². The normalized spacial score (nSPS) is 10.6. The minimum atomic E-state index is -0.0918. The number of ether oxygens (including phenoxy) is 1. The Morgan fingerprint density at radius 3 is 2.77 bits per heavy atom. The van der Waals surface area contributed by atoms with E-state index >= 15 is 0 Å². The average Bonchev–Trinajstić information content (AvgIpc) is 3.04. The number of carbonyl (C=O) groups is 1. The van der Waals surface area contributed by atoms with Crippen LogP contribution >= 0.6 is 38.9 Å². The molecule has 26 heavy (non-hydrogen) atoms. The predicted molar refractivity (Wildman–Crippen MR) is 109 cm³/mol. The predicted octanol–water partition coefficient (Wildman–Crippen LogP) is 5.63. The molecule has 0 unspecified atom stereocenters. The second kappa shape index (κ2) is 8.66. The van der Waals surface area contributed by atoms with Gasteiger partial charge in [-0.3, -0.25) is 4.79 Å². The lowest BCUT2D eigenvalue weighted by molar-refractivity contribution is -0.115. The van der Waals surface area contributed by atoms with Gasteiger partial charge in [0, 0.05) is 20.6 Å². The largest absolute Gasteiger partial charge is 0.486 e. The van der Waals surface area contributed by atoms with Gasteiger partial charge in [0.05, 0.1) is 12.1 Å². The van der Waals surface area contributed by atoms with Gasteiger partial charge in [0.2, 0.25) is 5.91 Å². The highest BCUT2D eigenvalue weighted by Gasteiger charge is 2.10. The Labute approximate surface area is 169 Å². The molecule has 0 bridgehead atoms. The van der Waals surface area contributed by atoms with E-state index in [1.54, 1.807) is 12.1 Å². The molecule has 0 fully saturated rings. The van der Waals surface area contributed by atoms with Crippen molar-refractivity contribution >= 4 is 50.5 Å². The molecule has 7 heteroatoms. The SMILES string of the molecule is Cc1cc(Br)ccc1NC(=O)Cc1csc(COc2ccc(Cl)cc2)n1. The highest BCUT2D eigenvalue weighted by Crippen LogP contribution is 2.21. The zero-order valence-electron chi connectivity index (χ0n) is 14.0. The van der Waals surface area contributed by atoms with Gasteiger partial charge in [-0.1, -0.05) is 27.5 Å². The molecule has 1 N–H and O–H groups in total. The molecule has 0 radical (unpaired) electrons. The number of nitrogens with zero attached hydrogens (tertiary/aromatic N) is 1. The van der Waals surface area contributed by atoms with Crippen LogP contribution in [0.1, 0.15) is 16.3 Å². The summed E-state index contributed by atoms with van der Waals surface area (Å²) in [6, 6.07) is 12.9. The van der Waals surface area contributed by atoms with E-state index in [9.17, 15) is 4.79 Å². The molecule has 4 nitrogen and oxygen atoms in total. The lowest BCUT2D eigenvalue weighted by Gasteiger charge is -2.08. The van der Waals surface area contributed by atoms with E-state index in [0.717, 1.165) is 32.2 Å². The third-order valence-electron chi connectivity index (χ3n) is 3.58. The van der Waals surface area contributed by atoms with Crippen LogP contribution in [0.2, 0.25) is 5.02 Å². The summed E-state index contributed by atoms with van der Waals surface area (Å²) < 4.78 is 6.66. The molecule has 3 rings (SSSR count).